The Morgan fingerprint density at radius 3 is 3.06 bits per heavy atom. The summed E-state index contributed by atoms with van der Waals surface area (Å²) in [5.74, 6) is 2.52. The van der Waals surface area contributed by atoms with Gasteiger partial charge in [0.05, 0.1) is 0 Å². The molecule has 1 fully saturated rings. The second kappa shape index (κ2) is 3.94. The lowest BCUT2D eigenvalue weighted by molar-refractivity contribution is 0.332. The summed E-state index contributed by atoms with van der Waals surface area (Å²) >= 11 is 0. The van der Waals surface area contributed by atoms with Crippen molar-refractivity contribution in [2.45, 2.75) is 38.5 Å². The third-order valence-corrected chi connectivity index (χ3v) is 3.56. The Hall–Kier alpha value is -1.72. The van der Waals surface area contributed by atoms with Crippen molar-refractivity contribution in [2.75, 3.05) is 5.73 Å². The topological polar surface area (TPSA) is 82.0 Å². The molecule has 1 aliphatic rings. The van der Waals surface area contributed by atoms with E-state index in [0.29, 0.717) is 17.4 Å². The monoisotopic (exact) mass is 232 g/mol. The predicted molar refractivity (Wildman–Crippen MR) is 63.4 cm³/mol. The Morgan fingerprint density at radius 1 is 1.35 bits per heavy atom. The largest absolute Gasteiger partial charge is 0.380 e. The number of fused-ring (bicyclic) bond motifs is 1. The molecule has 2 atom stereocenters. The molecule has 6 heteroatoms. The number of aromatic nitrogens is 5. The van der Waals surface area contributed by atoms with Crippen LogP contribution in [0.2, 0.25) is 0 Å². The van der Waals surface area contributed by atoms with Crippen LogP contribution in [0, 0.1) is 5.92 Å². The highest BCUT2D eigenvalue weighted by Gasteiger charge is 2.25. The van der Waals surface area contributed by atoms with E-state index in [1.165, 1.54) is 19.2 Å². The highest BCUT2D eigenvalue weighted by molar-refractivity contribution is 5.57. The van der Waals surface area contributed by atoms with Crippen molar-refractivity contribution in [1.29, 1.82) is 0 Å². The molecule has 0 bridgehead atoms. The van der Waals surface area contributed by atoms with Crippen LogP contribution in [0.5, 0.6) is 0 Å². The molecule has 0 aromatic carbocycles. The predicted octanol–water partition coefficient (Wildman–Crippen LogP) is 1.40. The Morgan fingerprint density at radius 2 is 2.24 bits per heavy atom. The van der Waals surface area contributed by atoms with Crippen LogP contribution in [-0.2, 0) is 0 Å². The molecular weight excluding hydrogens is 216 g/mol. The van der Waals surface area contributed by atoms with Gasteiger partial charge in [0.25, 0.3) is 0 Å². The summed E-state index contributed by atoms with van der Waals surface area (Å²) < 4.78 is 1.74. The van der Waals surface area contributed by atoms with Gasteiger partial charge in [-0.3, -0.25) is 0 Å². The summed E-state index contributed by atoms with van der Waals surface area (Å²) in [6.07, 6.45) is 6.34. The van der Waals surface area contributed by atoms with Gasteiger partial charge in [-0.05, 0) is 18.8 Å². The molecule has 90 valence electrons. The van der Waals surface area contributed by atoms with Gasteiger partial charge in [0.2, 0.25) is 5.65 Å². The minimum absolute atomic E-state index is 0.391. The second-order valence-electron chi connectivity index (χ2n) is 4.91. The van der Waals surface area contributed by atoms with E-state index in [1.807, 2.05) is 0 Å². The number of nitrogens with zero attached hydrogens (tertiary/aromatic N) is 5. The average molecular weight is 232 g/mol. The van der Waals surface area contributed by atoms with Gasteiger partial charge in [-0.1, -0.05) is 19.8 Å². The molecule has 6 nitrogen and oxygen atoms in total. The van der Waals surface area contributed by atoms with E-state index in [2.05, 4.69) is 27.2 Å². The highest BCUT2D eigenvalue weighted by Crippen LogP contribution is 2.34. The molecule has 3 rings (SSSR count). The van der Waals surface area contributed by atoms with E-state index in [4.69, 9.17) is 5.73 Å². The molecule has 17 heavy (non-hydrogen) atoms. The number of rotatable bonds is 1. The van der Waals surface area contributed by atoms with E-state index < -0.39 is 0 Å². The van der Waals surface area contributed by atoms with Gasteiger partial charge in [0, 0.05) is 5.92 Å². The van der Waals surface area contributed by atoms with Crippen LogP contribution < -0.4 is 5.73 Å². The summed E-state index contributed by atoms with van der Waals surface area (Å²) in [7, 11) is 0. The molecule has 2 N–H and O–H groups in total. The van der Waals surface area contributed by atoms with Crippen molar-refractivity contribution in [2.24, 2.45) is 5.92 Å². The van der Waals surface area contributed by atoms with Gasteiger partial charge in [0.15, 0.2) is 11.6 Å². The summed E-state index contributed by atoms with van der Waals surface area (Å²) in [5, 5.41) is 12.5. The lowest BCUT2D eigenvalue weighted by Gasteiger charge is -2.24. The zero-order valence-corrected chi connectivity index (χ0v) is 9.87. The first-order valence-electron chi connectivity index (χ1n) is 6.07. The quantitative estimate of drug-likeness (QED) is 0.803. The van der Waals surface area contributed by atoms with Crippen molar-refractivity contribution in [3.63, 3.8) is 0 Å². The fraction of sp³-hybridized carbons (Fsp3) is 0.636. The first kappa shape index (κ1) is 10.4. The molecule has 0 saturated heterocycles. The zero-order chi connectivity index (χ0) is 11.8. The van der Waals surface area contributed by atoms with Crippen LogP contribution in [0.25, 0.3) is 5.65 Å². The fourth-order valence-corrected chi connectivity index (χ4v) is 2.69. The summed E-state index contributed by atoms with van der Waals surface area (Å²) in [6.45, 7) is 2.29. The highest BCUT2D eigenvalue weighted by atomic mass is 15.4. The first-order valence-corrected chi connectivity index (χ1v) is 6.07. The number of hydrogen-bond acceptors (Lipinski definition) is 5. The first-order chi connectivity index (χ1) is 8.25. The molecule has 2 aromatic rings. The molecular formula is C11H16N6. The van der Waals surface area contributed by atoms with Gasteiger partial charge in [-0.25, -0.2) is 4.98 Å². The smallest absolute Gasteiger partial charge is 0.220 e. The van der Waals surface area contributed by atoms with Crippen LogP contribution in [0.15, 0.2) is 6.33 Å². The maximum atomic E-state index is 5.75. The summed E-state index contributed by atoms with van der Waals surface area (Å²) in [4.78, 5) is 3.92. The van der Waals surface area contributed by atoms with E-state index in [0.717, 1.165) is 24.6 Å². The molecule has 0 amide bonds. The number of nitrogens with two attached hydrogens (primary N) is 1. The lowest BCUT2D eigenvalue weighted by Crippen LogP contribution is -2.15. The summed E-state index contributed by atoms with van der Waals surface area (Å²) in [5.41, 5.74) is 6.32. The number of anilines is 1. The molecule has 1 aliphatic carbocycles. The molecule has 0 aliphatic heterocycles. The van der Waals surface area contributed by atoms with Crippen LogP contribution in [0.4, 0.5) is 5.82 Å². The molecule has 1 saturated carbocycles. The lowest BCUT2D eigenvalue weighted by atomic mass is 9.82. The third kappa shape index (κ3) is 1.73. The normalized spacial score (nSPS) is 25.2. The third-order valence-electron chi connectivity index (χ3n) is 3.56. The summed E-state index contributed by atoms with van der Waals surface area (Å²) in [6, 6.07) is 0. The van der Waals surface area contributed by atoms with Crippen LogP contribution >= 0.6 is 0 Å². The second-order valence-corrected chi connectivity index (χ2v) is 4.91. The van der Waals surface area contributed by atoms with Crippen molar-refractivity contribution in [3.8, 4) is 0 Å². The van der Waals surface area contributed by atoms with E-state index in [-0.39, 0.29) is 0 Å². The van der Waals surface area contributed by atoms with Crippen molar-refractivity contribution >= 4 is 11.5 Å². The number of hydrogen-bond donors (Lipinski definition) is 1. The van der Waals surface area contributed by atoms with Crippen LogP contribution in [0.1, 0.15) is 44.3 Å². The minimum Gasteiger partial charge on any atom is -0.380 e. The zero-order valence-electron chi connectivity index (χ0n) is 9.87. The standard InChI is InChI=1S/C11H16N6/c1-7-3-2-4-8(5-7)10-15-16-11-9(12)13-6-14-17(10)11/h6-8H,2-5H2,1H3,(H2,12,13,14)/t7-,8-/m0/s1. The van der Waals surface area contributed by atoms with Gasteiger partial charge < -0.3 is 5.73 Å². The Bertz CT molecular complexity index is 534. The number of nitrogen functional groups attached to an aromatic ring is 1. The van der Waals surface area contributed by atoms with Crippen LogP contribution in [-0.4, -0.2) is 24.8 Å². The maximum Gasteiger partial charge on any atom is 0.220 e. The van der Waals surface area contributed by atoms with Crippen molar-refractivity contribution in [1.82, 2.24) is 24.8 Å². The van der Waals surface area contributed by atoms with E-state index in [9.17, 15) is 0 Å². The Labute approximate surface area is 99.3 Å². The van der Waals surface area contributed by atoms with E-state index in [1.54, 1.807) is 4.52 Å². The average Bonchev–Trinajstić information content (AvgIpc) is 2.74. The van der Waals surface area contributed by atoms with Crippen LogP contribution in [0.3, 0.4) is 0 Å². The molecule has 2 heterocycles. The van der Waals surface area contributed by atoms with Gasteiger partial charge >= 0.3 is 0 Å². The van der Waals surface area contributed by atoms with Gasteiger partial charge in [-0.2, -0.15) is 9.61 Å². The van der Waals surface area contributed by atoms with Gasteiger partial charge in [-0.15, -0.1) is 10.2 Å². The minimum atomic E-state index is 0.391. The van der Waals surface area contributed by atoms with Crippen molar-refractivity contribution in [3.05, 3.63) is 12.2 Å². The molecule has 2 aromatic heterocycles. The van der Waals surface area contributed by atoms with Crippen molar-refractivity contribution < 1.29 is 0 Å². The molecule has 0 spiro atoms. The maximum absolute atomic E-state index is 5.75. The SMILES string of the molecule is C[C@H]1CCC[C@H](c2nnc3c(N)ncnn23)C1. The van der Waals surface area contributed by atoms with E-state index >= 15 is 0 Å². The molecule has 0 unspecified atom stereocenters. The fourth-order valence-electron chi connectivity index (χ4n) is 2.69. The van der Waals surface area contributed by atoms with Gasteiger partial charge in [0.1, 0.15) is 6.33 Å². The Kier molecular flexibility index (Phi) is 2.42. The molecule has 0 radical (unpaired) electrons. The Balaban J connectivity index is 2.02.